The Hall–Kier alpha value is -2.17. The third kappa shape index (κ3) is 36.0. The Kier molecular flexibility index (Phi) is 50.2. The van der Waals surface area contributed by atoms with Crippen LogP contribution in [0.3, 0.4) is 0 Å². The van der Waals surface area contributed by atoms with Gasteiger partial charge >= 0.3 is 22.4 Å². The normalized spacial score (nSPS) is 11.0. The van der Waals surface area contributed by atoms with E-state index in [-0.39, 0.29) is 16.5 Å². The van der Waals surface area contributed by atoms with E-state index in [9.17, 15) is 5.53 Å². The minimum atomic E-state index is 0. The molecule has 0 aromatic heterocycles. The Morgan fingerprint density at radius 1 is 0.438 bits per heavy atom. The molecule has 0 fully saturated rings. The molecule has 368 valence electrons. The van der Waals surface area contributed by atoms with Crippen LogP contribution in [0.1, 0.15) is 289 Å². The van der Waals surface area contributed by atoms with Crippen LogP contribution in [0.5, 0.6) is 0 Å². The molecule has 0 N–H and O–H groups in total. The average molecular weight is 924 g/mol. The second-order valence-corrected chi connectivity index (χ2v) is 18.5. The zero-order chi connectivity index (χ0) is 46.3. The van der Waals surface area contributed by atoms with Crippen LogP contribution in [0.4, 0.5) is 0 Å². The number of hydrogen-bond donors (Lipinski definition) is 0. The van der Waals surface area contributed by atoms with Crippen molar-refractivity contribution in [2.45, 2.75) is 279 Å². The third-order valence-corrected chi connectivity index (χ3v) is 12.4. The van der Waals surface area contributed by atoms with Crippen molar-refractivity contribution in [3.63, 3.8) is 0 Å². The number of allylic oxidation sites excluding steroid dienone is 2. The van der Waals surface area contributed by atoms with E-state index in [1.54, 1.807) is 0 Å². The van der Waals surface area contributed by atoms with E-state index in [2.05, 4.69) is 115 Å². The van der Waals surface area contributed by atoms with Crippen molar-refractivity contribution in [1.82, 2.24) is 0 Å². The van der Waals surface area contributed by atoms with E-state index in [4.69, 9.17) is 0 Å². The van der Waals surface area contributed by atoms with Crippen molar-refractivity contribution >= 4 is 11.4 Å². The molecular formula is C61H104N2Ni. The van der Waals surface area contributed by atoms with Gasteiger partial charge in [-0.2, -0.15) is 12.8 Å². The monoisotopic (exact) mass is 923 g/mol. The number of hydrogen-bond acceptors (Lipinski definition) is 0. The van der Waals surface area contributed by atoms with E-state index in [0.717, 1.165) is 69.8 Å². The van der Waals surface area contributed by atoms with Crippen molar-refractivity contribution in [1.29, 1.82) is 0 Å². The predicted octanol–water partition coefficient (Wildman–Crippen LogP) is 20.8. The summed E-state index contributed by atoms with van der Waals surface area (Å²) in [5.74, 6) is 3.01. The van der Waals surface area contributed by atoms with Gasteiger partial charge in [-0.25, -0.2) is 0 Å². The molecule has 0 amide bonds. The van der Waals surface area contributed by atoms with Crippen molar-refractivity contribution < 1.29 is 21.3 Å². The van der Waals surface area contributed by atoms with Crippen LogP contribution in [0, 0.1) is 13.8 Å². The van der Waals surface area contributed by atoms with Gasteiger partial charge in [-0.1, -0.05) is 270 Å². The van der Waals surface area contributed by atoms with Gasteiger partial charge in [0.2, 0.25) is 0 Å². The van der Waals surface area contributed by atoms with E-state index in [1.165, 1.54) is 207 Å². The maximum Gasteiger partial charge on any atom is 2.00 e. The fourth-order valence-corrected chi connectivity index (χ4v) is 8.47. The molecule has 0 saturated carbocycles. The molecule has 0 bridgehead atoms. The first-order valence-electron chi connectivity index (χ1n) is 27.5. The largest absolute Gasteiger partial charge is 2.00 e. The van der Waals surface area contributed by atoms with Crippen molar-refractivity contribution in [3.8, 4) is 0 Å². The zero-order valence-electron chi connectivity index (χ0n) is 43.4. The number of unbranched alkanes of at least 4 members (excludes halogenated alkanes) is 27. The fraction of sp³-hybridized carbons (Fsp3) is 0.705. The number of aryl methyl sites for hydroxylation is 2. The van der Waals surface area contributed by atoms with Gasteiger partial charge in [0.1, 0.15) is 0 Å². The van der Waals surface area contributed by atoms with Crippen LogP contribution in [-0.2, 0) is 29.3 Å². The van der Waals surface area contributed by atoms with E-state index in [1.807, 2.05) is 0 Å². The number of nitrogens with zero attached hydrogens (tertiary/aromatic N) is 2. The van der Waals surface area contributed by atoms with Crippen LogP contribution in [-0.4, -0.2) is 10.7 Å². The van der Waals surface area contributed by atoms with E-state index < -0.39 is 0 Å². The molecule has 2 aromatic rings. The molecule has 0 atom stereocenters. The predicted molar refractivity (Wildman–Crippen MR) is 285 cm³/mol. The topological polar surface area (TPSA) is 36.4 Å². The van der Waals surface area contributed by atoms with E-state index in [0.29, 0.717) is 0 Å². The van der Waals surface area contributed by atoms with Crippen LogP contribution in [0.15, 0.2) is 59.7 Å². The summed E-state index contributed by atoms with van der Waals surface area (Å²) in [5, 5.41) is 0. The van der Waals surface area contributed by atoms with Gasteiger partial charge in [0.05, 0.1) is 5.57 Å². The summed E-state index contributed by atoms with van der Waals surface area (Å²) in [6.45, 7) is 21.2. The molecule has 0 radical (unpaired) electrons. The molecule has 2 nitrogen and oxygen atoms in total. The molecule has 2 aromatic carbocycles. The number of rotatable bonds is 38. The maximum atomic E-state index is 9.54. The Balaban J connectivity index is 0. The summed E-state index contributed by atoms with van der Waals surface area (Å²) in [7, 11) is 0. The zero-order valence-corrected chi connectivity index (χ0v) is 44.4. The maximum absolute atomic E-state index is 9.54. The first-order valence-corrected chi connectivity index (χ1v) is 27.5. The van der Waals surface area contributed by atoms with Gasteiger partial charge in [0, 0.05) is 0 Å². The Morgan fingerprint density at radius 2 is 0.812 bits per heavy atom. The van der Waals surface area contributed by atoms with Gasteiger partial charge in [-0.05, 0) is 78.3 Å². The average Bonchev–Trinajstić information content (AvgIpc) is 3.30. The summed E-state index contributed by atoms with van der Waals surface area (Å²) in [4.78, 5) is 3.41. The van der Waals surface area contributed by atoms with Crippen molar-refractivity contribution in [2.75, 3.05) is 0 Å². The molecule has 0 aliphatic heterocycles. The SMILES string of the molecule is CCCCCCC(C(=C=[N+]=[N-])CCCC)=C(c1cccc(CCC)c1)c1cccc(CCCC)c1.[CH2-]CCCCCCCCCCCCC.[CH2-]CCCCCCCCCCCCC.[Ni+2]. The van der Waals surface area contributed by atoms with Gasteiger partial charge in [-0.15, -0.1) is 4.79 Å². The number of benzene rings is 2. The quantitative estimate of drug-likeness (QED) is 0.0122. The van der Waals surface area contributed by atoms with Gasteiger partial charge in [0.15, 0.2) is 0 Å². The van der Waals surface area contributed by atoms with Gasteiger partial charge < -0.3 is 19.4 Å². The van der Waals surface area contributed by atoms with Crippen LogP contribution in [0.25, 0.3) is 11.1 Å². The Morgan fingerprint density at radius 3 is 1.19 bits per heavy atom. The first kappa shape index (κ1) is 63.9. The molecule has 0 spiro atoms. The third-order valence-electron chi connectivity index (χ3n) is 12.4. The van der Waals surface area contributed by atoms with Crippen molar-refractivity contribution in [3.05, 3.63) is 101 Å². The Labute approximate surface area is 411 Å². The molecule has 2 rings (SSSR count). The summed E-state index contributed by atoms with van der Waals surface area (Å²) < 4.78 is 0. The molecule has 0 heterocycles. The summed E-state index contributed by atoms with van der Waals surface area (Å²) in [6, 6.07) is 18.2. The summed E-state index contributed by atoms with van der Waals surface area (Å²) >= 11 is 0. The standard InChI is InChI=1S/C33H46N2.2C14H29.Ni/c1-5-9-12-13-23-32(31(26-35-34)20-11-7-3)33(29-21-14-18-27(24-29)16-8-4)30-22-15-19-28(25-30)17-10-6-2;2*1-3-5-7-9-11-13-14-12-10-8-6-4-2;/h14-15,18-19,21-22,24-25H,5-13,16-17,20,23H2,1-4H3;2*1,3-14H2,2H3;/q;2*-1;+2. The molecule has 0 aliphatic carbocycles. The molecule has 0 aliphatic rings. The fourth-order valence-electron chi connectivity index (χ4n) is 8.47. The van der Waals surface area contributed by atoms with E-state index >= 15 is 0 Å². The van der Waals surface area contributed by atoms with Crippen molar-refractivity contribution in [2.24, 2.45) is 0 Å². The summed E-state index contributed by atoms with van der Waals surface area (Å²) in [6.07, 6.45) is 48.3. The molecule has 0 saturated heterocycles. The minimum absolute atomic E-state index is 0. The minimum Gasteiger partial charge on any atom is -0.348 e. The van der Waals surface area contributed by atoms with Crippen LogP contribution in [0.2, 0.25) is 0 Å². The van der Waals surface area contributed by atoms with Crippen LogP contribution >= 0.6 is 0 Å². The smallest absolute Gasteiger partial charge is 0.348 e. The molecule has 3 heteroatoms. The second-order valence-electron chi connectivity index (χ2n) is 18.5. The second kappa shape index (κ2) is 50.3. The van der Waals surface area contributed by atoms with Crippen LogP contribution < -0.4 is 0 Å². The first-order chi connectivity index (χ1) is 31.0. The Bertz CT molecular complexity index is 1360. The van der Waals surface area contributed by atoms with Gasteiger partial charge in [-0.3, -0.25) is 0 Å². The summed E-state index contributed by atoms with van der Waals surface area (Å²) in [5.41, 5.74) is 18.5. The van der Waals surface area contributed by atoms with Gasteiger partial charge in [0.25, 0.3) is 0 Å². The molecular weight excluding hydrogens is 819 g/mol. The molecule has 0 unspecified atom stereocenters. The molecule has 64 heavy (non-hydrogen) atoms.